The minimum absolute atomic E-state index is 0.0173. The van der Waals surface area contributed by atoms with Crippen LogP contribution < -0.4 is 14.2 Å². The molecular weight excluding hydrogens is 402 g/mol. The zero-order chi connectivity index (χ0) is 22.0. The molecule has 0 spiro atoms. The highest BCUT2D eigenvalue weighted by Gasteiger charge is 2.28. The summed E-state index contributed by atoms with van der Waals surface area (Å²) in [5.74, 6) is -0.171. The smallest absolute Gasteiger partial charge is 0.347 e. The Bertz CT molecular complexity index is 1250. The van der Waals surface area contributed by atoms with Crippen molar-refractivity contribution in [2.24, 2.45) is 0 Å². The molecule has 0 aromatic heterocycles. The lowest BCUT2D eigenvalue weighted by molar-refractivity contribution is -0.384. The molecule has 31 heavy (non-hydrogen) atoms. The van der Waals surface area contributed by atoms with Crippen LogP contribution in [-0.2, 0) is 0 Å². The Kier molecular flexibility index (Phi) is 5.19. The Morgan fingerprint density at radius 2 is 1.87 bits per heavy atom. The predicted octanol–water partition coefficient (Wildman–Crippen LogP) is 4.44. The third-order valence-corrected chi connectivity index (χ3v) is 4.56. The van der Waals surface area contributed by atoms with Crippen molar-refractivity contribution in [2.75, 3.05) is 7.11 Å². The number of nitro groups is 1. The van der Waals surface area contributed by atoms with Gasteiger partial charge in [0.25, 0.3) is 5.69 Å². The number of nitro benzene ring substituents is 1. The van der Waals surface area contributed by atoms with E-state index in [0.29, 0.717) is 16.9 Å². The van der Waals surface area contributed by atoms with E-state index in [2.05, 4.69) is 0 Å². The molecule has 0 aliphatic carbocycles. The van der Waals surface area contributed by atoms with Gasteiger partial charge in [0.2, 0.25) is 5.78 Å². The topological polar surface area (TPSA) is 105 Å². The lowest BCUT2D eigenvalue weighted by Gasteiger charge is -2.08. The SMILES string of the molecule is COc1ccccc1C(=O)Oc1ccc2c(c1)O/C(=C\c1cccc([N+](=O)[O-])c1)C2=O. The number of nitrogens with zero attached hydrogens (tertiary/aromatic N) is 1. The number of allylic oxidation sites excluding steroid dienone is 1. The van der Waals surface area contributed by atoms with Gasteiger partial charge in [-0.3, -0.25) is 14.9 Å². The number of hydrogen-bond donors (Lipinski definition) is 0. The molecule has 1 heterocycles. The average molecular weight is 417 g/mol. The molecule has 154 valence electrons. The molecule has 0 unspecified atom stereocenters. The van der Waals surface area contributed by atoms with Crippen molar-refractivity contribution in [3.63, 3.8) is 0 Å². The summed E-state index contributed by atoms with van der Waals surface area (Å²) in [5.41, 5.74) is 0.915. The van der Waals surface area contributed by atoms with E-state index >= 15 is 0 Å². The maximum absolute atomic E-state index is 12.6. The van der Waals surface area contributed by atoms with Crippen molar-refractivity contribution in [3.05, 3.63) is 99.3 Å². The molecule has 0 N–H and O–H groups in total. The van der Waals surface area contributed by atoms with Crippen LogP contribution in [0.4, 0.5) is 5.69 Å². The van der Waals surface area contributed by atoms with E-state index in [1.807, 2.05) is 0 Å². The molecule has 3 aromatic carbocycles. The fourth-order valence-electron chi connectivity index (χ4n) is 3.09. The molecule has 0 amide bonds. The van der Waals surface area contributed by atoms with E-state index in [4.69, 9.17) is 14.2 Å². The van der Waals surface area contributed by atoms with Crippen molar-refractivity contribution in [1.29, 1.82) is 0 Å². The summed E-state index contributed by atoms with van der Waals surface area (Å²) in [4.78, 5) is 35.5. The van der Waals surface area contributed by atoms with Crippen molar-refractivity contribution >= 4 is 23.5 Å². The molecule has 8 nitrogen and oxygen atoms in total. The molecule has 1 aliphatic rings. The van der Waals surface area contributed by atoms with E-state index in [-0.39, 0.29) is 34.3 Å². The van der Waals surface area contributed by atoms with Crippen LogP contribution in [0.15, 0.2) is 72.5 Å². The second kappa shape index (κ2) is 8.11. The van der Waals surface area contributed by atoms with Crippen molar-refractivity contribution in [2.45, 2.75) is 0 Å². The standard InChI is InChI=1S/C23H15NO7/c1-29-19-8-3-2-7-18(19)23(26)30-16-9-10-17-20(13-16)31-21(22(17)25)12-14-5-4-6-15(11-14)24(27)28/h2-13H,1H3/b21-12-. The third kappa shape index (κ3) is 3.99. The second-order valence-electron chi connectivity index (χ2n) is 6.54. The first-order valence-electron chi connectivity index (χ1n) is 9.14. The summed E-state index contributed by atoms with van der Waals surface area (Å²) in [6.45, 7) is 0. The Morgan fingerprint density at radius 1 is 1.06 bits per heavy atom. The number of non-ortho nitro benzene ring substituents is 1. The second-order valence-corrected chi connectivity index (χ2v) is 6.54. The van der Waals surface area contributed by atoms with Crippen molar-refractivity contribution in [3.8, 4) is 17.2 Å². The van der Waals surface area contributed by atoms with Crippen LogP contribution >= 0.6 is 0 Å². The Labute approximate surface area is 176 Å². The quantitative estimate of drug-likeness (QED) is 0.199. The number of hydrogen-bond acceptors (Lipinski definition) is 7. The molecule has 1 aliphatic heterocycles. The van der Waals surface area contributed by atoms with Crippen molar-refractivity contribution < 1.29 is 28.7 Å². The number of benzene rings is 3. The summed E-state index contributed by atoms with van der Waals surface area (Å²) in [7, 11) is 1.45. The van der Waals surface area contributed by atoms with Crippen LogP contribution in [0.5, 0.6) is 17.2 Å². The van der Waals surface area contributed by atoms with Gasteiger partial charge in [-0.05, 0) is 35.9 Å². The lowest BCUT2D eigenvalue weighted by atomic mass is 10.1. The molecule has 0 atom stereocenters. The van der Waals surface area contributed by atoms with E-state index in [1.54, 1.807) is 30.3 Å². The molecule has 0 bridgehead atoms. The van der Waals surface area contributed by atoms with Gasteiger partial charge < -0.3 is 14.2 Å². The van der Waals surface area contributed by atoms with Gasteiger partial charge >= 0.3 is 5.97 Å². The lowest BCUT2D eigenvalue weighted by Crippen LogP contribution is -2.10. The largest absolute Gasteiger partial charge is 0.496 e. The van der Waals surface area contributed by atoms with Gasteiger partial charge in [0.05, 0.1) is 17.6 Å². The number of para-hydroxylation sites is 1. The summed E-state index contributed by atoms with van der Waals surface area (Å²) in [6.07, 6.45) is 1.43. The third-order valence-electron chi connectivity index (χ3n) is 4.56. The Morgan fingerprint density at radius 3 is 2.65 bits per heavy atom. The number of carbonyl (C=O) groups is 2. The first kappa shape index (κ1) is 19.8. The molecule has 3 aromatic rings. The number of fused-ring (bicyclic) bond motifs is 1. The van der Waals surface area contributed by atoms with E-state index in [9.17, 15) is 19.7 Å². The number of methoxy groups -OCH3 is 1. The highest BCUT2D eigenvalue weighted by Crippen LogP contribution is 2.35. The van der Waals surface area contributed by atoms with Gasteiger partial charge in [-0.25, -0.2) is 4.79 Å². The first-order chi connectivity index (χ1) is 15.0. The molecule has 4 rings (SSSR count). The monoisotopic (exact) mass is 417 g/mol. The fourth-order valence-corrected chi connectivity index (χ4v) is 3.09. The zero-order valence-corrected chi connectivity index (χ0v) is 16.2. The van der Waals surface area contributed by atoms with Gasteiger partial charge in [-0.2, -0.15) is 0 Å². The Hall–Kier alpha value is -4.46. The maximum Gasteiger partial charge on any atom is 0.347 e. The van der Waals surface area contributed by atoms with Gasteiger partial charge in [0, 0.05) is 18.2 Å². The molecule has 0 saturated heterocycles. The van der Waals surface area contributed by atoms with Crippen LogP contribution in [0, 0.1) is 10.1 Å². The van der Waals surface area contributed by atoms with Gasteiger partial charge in [0.15, 0.2) is 5.76 Å². The van der Waals surface area contributed by atoms with E-state index in [0.717, 1.165) is 0 Å². The van der Waals surface area contributed by atoms with Crippen LogP contribution in [0.3, 0.4) is 0 Å². The molecule has 0 saturated carbocycles. The first-order valence-corrected chi connectivity index (χ1v) is 9.14. The number of Topliss-reactive ketones (excluding diaryl/α,β-unsaturated/α-hetero) is 1. The number of esters is 1. The highest BCUT2D eigenvalue weighted by atomic mass is 16.6. The summed E-state index contributed by atoms with van der Waals surface area (Å²) < 4.78 is 16.2. The summed E-state index contributed by atoms with van der Waals surface area (Å²) in [5, 5.41) is 10.9. The van der Waals surface area contributed by atoms with Crippen LogP contribution in [-0.4, -0.2) is 23.8 Å². The highest BCUT2D eigenvalue weighted by molar-refractivity contribution is 6.14. The minimum Gasteiger partial charge on any atom is -0.496 e. The minimum atomic E-state index is -0.617. The fraction of sp³-hybridized carbons (Fsp3) is 0.0435. The zero-order valence-electron chi connectivity index (χ0n) is 16.2. The van der Waals surface area contributed by atoms with Crippen LogP contribution in [0.1, 0.15) is 26.3 Å². The molecular formula is C23H15NO7. The Balaban J connectivity index is 1.56. The predicted molar refractivity (Wildman–Crippen MR) is 110 cm³/mol. The number of rotatable bonds is 5. The van der Waals surface area contributed by atoms with Gasteiger partial charge in [0.1, 0.15) is 22.8 Å². The average Bonchev–Trinajstić information content (AvgIpc) is 3.08. The van der Waals surface area contributed by atoms with E-state index < -0.39 is 10.9 Å². The van der Waals surface area contributed by atoms with Crippen LogP contribution in [0.2, 0.25) is 0 Å². The number of carbonyl (C=O) groups excluding carboxylic acids is 2. The van der Waals surface area contributed by atoms with Crippen molar-refractivity contribution in [1.82, 2.24) is 0 Å². The summed E-state index contributed by atoms with van der Waals surface area (Å²) in [6, 6.07) is 16.9. The van der Waals surface area contributed by atoms with E-state index in [1.165, 1.54) is 49.6 Å². The van der Waals surface area contributed by atoms with Gasteiger partial charge in [-0.1, -0.05) is 24.3 Å². The molecule has 8 heteroatoms. The molecule has 0 fully saturated rings. The maximum atomic E-state index is 12.6. The number of ketones is 1. The number of ether oxygens (including phenoxy) is 3. The molecule has 0 radical (unpaired) electrons. The van der Waals surface area contributed by atoms with Gasteiger partial charge in [-0.15, -0.1) is 0 Å². The summed E-state index contributed by atoms with van der Waals surface area (Å²) >= 11 is 0. The van der Waals surface area contributed by atoms with Crippen LogP contribution in [0.25, 0.3) is 6.08 Å². The normalized spacial score (nSPS) is 13.5.